The van der Waals surface area contributed by atoms with Crippen LogP contribution in [-0.4, -0.2) is 20.9 Å². The molecule has 0 heterocycles. The highest BCUT2D eigenvalue weighted by atomic mass is 35.5. The Labute approximate surface area is 227 Å². The van der Waals surface area contributed by atoms with Gasteiger partial charge in [0, 0.05) is 29.2 Å². The molecule has 0 aliphatic heterocycles. The molecule has 1 fully saturated rings. The van der Waals surface area contributed by atoms with Crippen molar-refractivity contribution in [1.29, 1.82) is 0 Å². The summed E-state index contributed by atoms with van der Waals surface area (Å²) < 4.78 is 39.1. The van der Waals surface area contributed by atoms with Crippen LogP contribution in [0.25, 0.3) is 0 Å². The number of ketones is 1. The van der Waals surface area contributed by atoms with Crippen molar-refractivity contribution in [2.75, 3.05) is 5.32 Å². The molecule has 1 amide bonds. The Balaban J connectivity index is 1.54. The van der Waals surface area contributed by atoms with E-state index < -0.39 is 62.3 Å². The van der Waals surface area contributed by atoms with Crippen molar-refractivity contribution in [3.05, 3.63) is 103 Å². The van der Waals surface area contributed by atoms with Crippen LogP contribution in [0.15, 0.2) is 48.5 Å². The maximum Gasteiger partial charge on any atom is 0.276 e. The van der Waals surface area contributed by atoms with Crippen LogP contribution >= 0.6 is 46.4 Å². The minimum absolute atomic E-state index is 0.0393. The van der Waals surface area contributed by atoms with E-state index in [4.69, 9.17) is 46.4 Å². The number of nitrogens with zero attached hydrogens (tertiary/aromatic N) is 1. The van der Waals surface area contributed by atoms with Gasteiger partial charge >= 0.3 is 0 Å². The van der Waals surface area contributed by atoms with Crippen molar-refractivity contribution in [3.63, 3.8) is 0 Å². The van der Waals surface area contributed by atoms with Crippen molar-refractivity contribution < 1.29 is 27.7 Å². The first-order chi connectivity index (χ1) is 17.3. The third-order valence-electron chi connectivity index (χ3n) is 5.84. The second-order valence-electron chi connectivity index (χ2n) is 8.24. The molecule has 3 aromatic rings. The monoisotopic (exact) mass is 590 g/mol. The number of carbonyl (C=O) groups is 2. The minimum atomic E-state index is -1.50. The molecule has 1 aliphatic rings. The van der Waals surface area contributed by atoms with Crippen LogP contribution in [0.3, 0.4) is 0 Å². The zero-order valence-corrected chi connectivity index (χ0v) is 21.2. The highest BCUT2D eigenvalue weighted by molar-refractivity contribution is 6.53. The van der Waals surface area contributed by atoms with Crippen LogP contribution in [0, 0.1) is 33.5 Å². The number of nitro groups is 1. The van der Waals surface area contributed by atoms with Gasteiger partial charge in [0.05, 0.1) is 27.0 Å². The largest absolute Gasteiger partial charge is 0.326 e. The Morgan fingerprint density at radius 2 is 1.62 bits per heavy atom. The van der Waals surface area contributed by atoms with Gasteiger partial charge in [-0.15, -0.1) is 23.2 Å². The van der Waals surface area contributed by atoms with Gasteiger partial charge in [0.2, 0.25) is 5.91 Å². The van der Waals surface area contributed by atoms with Gasteiger partial charge in [0.1, 0.15) is 10.2 Å². The fourth-order valence-electron chi connectivity index (χ4n) is 3.97. The normalized spacial score (nSPS) is 17.8. The highest BCUT2D eigenvalue weighted by Crippen LogP contribution is 2.65. The predicted molar refractivity (Wildman–Crippen MR) is 133 cm³/mol. The summed E-state index contributed by atoms with van der Waals surface area (Å²) in [5.41, 5.74) is -0.665. The molecular formula is C24H13Cl4F3N2O4. The van der Waals surface area contributed by atoms with Gasteiger partial charge in [-0.2, -0.15) is 0 Å². The van der Waals surface area contributed by atoms with Crippen LogP contribution < -0.4 is 5.32 Å². The molecule has 192 valence electrons. The third-order valence-corrected chi connectivity index (χ3v) is 7.40. The van der Waals surface area contributed by atoms with E-state index in [1.807, 2.05) is 0 Å². The van der Waals surface area contributed by atoms with Crippen molar-refractivity contribution in [2.24, 2.45) is 5.92 Å². The SMILES string of the molecule is O=C(Cc1cc(F)c(F)cc1[N+](=O)[O-])c1cc(NC(=O)[C@H]2[C@H](c3ccc(F)c(Cl)c3)C2(Cl)Cl)ccc1Cl. The van der Waals surface area contributed by atoms with E-state index in [-0.39, 0.29) is 26.9 Å². The van der Waals surface area contributed by atoms with Gasteiger partial charge in [-0.05, 0) is 42.0 Å². The molecule has 0 unspecified atom stereocenters. The smallest absolute Gasteiger partial charge is 0.276 e. The predicted octanol–water partition coefficient (Wildman–Crippen LogP) is 7.27. The Kier molecular flexibility index (Phi) is 7.45. The maximum absolute atomic E-state index is 13.7. The molecule has 13 heteroatoms. The number of amides is 1. The van der Waals surface area contributed by atoms with E-state index in [1.165, 1.54) is 30.3 Å². The zero-order valence-electron chi connectivity index (χ0n) is 18.2. The number of carbonyl (C=O) groups excluding carboxylic acids is 2. The van der Waals surface area contributed by atoms with Crippen molar-refractivity contribution in [1.82, 2.24) is 0 Å². The first-order valence-corrected chi connectivity index (χ1v) is 11.9. The Morgan fingerprint density at radius 3 is 2.27 bits per heavy atom. The number of Topliss-reactive ketones (excluding diaryl/α,β-unsaturated/α-hetero) is 1. The van der Waals surface area contributed by atoms with Gasteiger partial charge in [-0.1, -0.05) is 29.3 Å². The van der Waals surface area contributed by atoms with Gasteiger partial charge in [-0.3, -0.25) is 19.7 Å². The second kappa shape index (κ2) is 10.1. The van der Waals surface area contributed by atoms with E-state index in [1.54, 1.807) is 0 Å². The lowest BCUT2D eigenvalue weighted by atomic mass is 10.0. The quantitative estimate of drug-likeness (QED) is 0.135. The van der Waals surface area contributed by atoms with Crippen molar-refractivity contribution in [2.45, 2.75) is 16.7 Å². The summed E-state index contributed by atoms with van der Waals surface area (Å²) in [6, 6.07) is 8.76. The van der Waals surface area contributed by atoms with E-state index in [2.05, 4.69) is 5.32 Å². The standard InChI is InChI=1S/C24H13Cl4F3N2O4/c25-14-3-2-12(8-13(14)20(34)7-11-6-17(30)18(31)9-19(11)33(36)37)32-23(35)22-21(24(22,27)28)10-1-4-16(29)15(26)5-10/h1-6,8-9,21-22H,7H2,(H,32,35)/t21-,22+/m0/s1. The molecule has 4 rings (SSSR count). The van der Waals surface area contributed by atoms with E-state index in [0.29, 0.717) is 17.7 Å². The number of hydrogen-bond donors (Lipinski definition) is 1. The topological polar surface area (TPSA) is 89.3 Å². The molecule has 6 nitrogen and oxygen atoms in total. The maximum atomic E-state index is 13.7. The van der Waals surface area contributed by atoms with Crippen LogP contribution in [0.2, 0.25) is 10.0 Å². The van der Waals surface area contributed by atoms with Crippen molar-refractivity contribution in [3.8, 4) is 0 Å². The molecule has 37 heavy (non-hydrogen) atoms. The molecule has 0 bridgehead atoms. The zero-order chi connectivity index (χ0) is 27.2. The first-order valence-electron chi connectivity index (χ1n) is 10.4. The first kappa shape index (κ1) is 27.2. The summed E-state index contributed by atoms with van der Waals surface area (Å²) >= 11 is 24.5. The number of rotatable bonds is 7. The number of nitrogens with one attached hydrogen (secondary N) is 1. The molecule has 1 saturated carbocycles. The molecule has 0 spiro atoms. The summed E-state index contributed by atoms with van der Waals surface area (Å²) in [6.45, 7) is 0. The summed E-state index contributed by atoms with van der Waals surface area (Å²) in [5, 5.41) is 13.6. The lowest BCUT2D eigenvalue weighted by molar-refractivity contribution is -0.385. The van der Waals surface area contributed by atoms with Crippen LogP contribution in [-0.2, 0) is 11.2 Å². The highest BCUT2D eigenvalue weighted by Gasteiger charge is 2.67. The molecule has 0 aromatic heterocycles. The fraction of sp³-hybridized carbons (Fsp3) is 0.167. The molecule has 2 atom stereocenters. The van der Waals surface area contributed by atoms with Crippen LogP contribution in [0.5, 0.6) is 0 Å². The van der Waals surface area contributed by atoms with Gasteiger partial charge in [0.25, 0.3) is 5.69 Å². The van der Waals surface area contributed by atoms with E-state index >= 15 is 0 Å². The summed E-state index contributed by atoms with van der Waals surface area (Å²) in [4.78, 5) is 36.1. The molecule has 1 aliphatic carbocycles. The lowest BCUT2D eigenvalue weighted by Gasteiger charge is -2.10. The Bertz CT molecular complexity index is 1470. The molecule has 0 radical (unpaired) electrons. The Morgan fingerprint density at radius 1 is 0.946 bits per heavy atom. The summed E-state index contributed by atoms with van der Waals surface area (Å²) in [5.74, 6) is -6.40. The number of alkyl halides is 2. The average Bonchev–Trinajstić information content (AvgIpc) is 3.40. The number of nitro benzene ring substituents is 1. The second-order valence-corrected chi connectivity index (χ2v) is 10.5. The van der Waals surface area contributed by atoms with E-state index in [0.717, 1.165) is 6.07 Å². The van der Waals surface area contributed by atoms with Crippen LogP contribution in [0.4, 0.5) is 24.5 Å². The minimum Gasteiger partial charge on any atom is -0.326 e. The molecule has 1 N–H and O–H groups in total. The van der Waals surface area contributed by atoms with E-state index in [9.17, 15) is 32.9 Å². The number of benzene rings is 3. The molecule has 3 aromatic carbocycles. The van der Waals surface area contributed by atoms with Crippen molar-refractivity contribution >= 4 is 69.5 Å². The molecule has 0 saturated heterocycles. The number of anilines is 1. The Hall–Kier alpha value is -2.85. The van der Waals surface area contributed by atoms with Gasteiger partial charge < -0.3 is 5.32 Å². The number of hydrogen-bond acceptors (Lipinski definition) is 4. The average molecular weight is 592 g/mol. The third kappa shape index (κ3) is 5.40. The summed E-state index contributed by atoms with van der Waals surface area (Å²) in [6.07, 6.45) is -0.660. The fourth-order valence-corrected chi connectivity index (χ4v) is 5.21. The van der Waals surface area contributed by atoms with Gasteiger partial charge in [0.15, 0.2) is 17.4 Å². The number of halogens is 7. The van der Waals surface area contributed by atoms with Gasteiger partial charge in [-0.25, -0.2) is 13.2 Å². The lowest BCUT2D eigenvalue weighted by Crippen LogP contribution is -2.17. The molecular weight excluding hydrogens is 579 g/mol. The van der Waals surface area contributed by atoms with Crippen LogP contribution in [0.1, 0.15) is 27.4 Å². The summed E-state index contributed by atoms with van der Waals surface area (Å²) in [7, 11) is 0.